The molecule has 2 atom stereocenters. The molecule has 0 radical (unpaired) electrons. The van der Waals surface area contributed by atoms with Gasteiger partial charge in [0, 0.05) is 19.0 Å². The summed E-state index contributed by atoms with van der Waals surface area (Å²) in [4.78, 5) is 2.13. The van der Waals surface area contributed by atoms with Crippen LogP contribution in [0.1, 0.15) is 36.7 Å². The van der Waals surface area contributed by atoms with Crippen molar-refractivity contribution in [3.05, 3.63) is 34.9 Å². The monoisotopic (exact) mass is 323 g/mol. The van der Waals surface area contributed by atoms with Crippen molar-refractivity contribution in [2.24, 2.45) is 0 Å². The number of aliphatic hydroxyl groups excluding tert-OH is 1. The Bertz CT molecular complexity index is 650. The molecule has 1 saturated heterocycles. The van der Waals surface area contributed by atoms with E-state index in [4.69, 9.17) is 16.0 Å². The molecule has 2 aromatic rings. The average Bonchev–Trinajstić information content (AvgIpc) is 3.18. The van der Waals surface area contributed by atoms with Crippen LogP contribution in [0.4, 0.5) is 5.00 Å². The maximum atomic E-state index is 10.2. The summed E-state index contributed by atoms with van der Waals surface area (Å²) in [7, 11) is 0. The fourth-order valence-electron chi connectivity index (χ4n) is 2.76. The third-order valence-corrected chi connectivity index (χ3v) is 5.01. The third-order valence-electron chi connectivity index (χ3n) is 3.75. The maximum Gasteiger partial charge on any atom is 0.162 e. The molecular formula is C14H14ClN3O2S. The predicted molar refractivity (Wildman–Crippen MR) is 80.5 cm³/mol. The molecule has 3 heterocycles. The number of aromatic nitrogens is 1. The van der Waals surface area contributed by atoms with Crippen LogP contribution < -0.4 is 4.90 Å². The molecule has 2 unspecified atom stereocenters. The minimum absolute atomic E-state index is 0.161. The molecule has 0 bridgehead atoms. The van der Waals surface area contributed by atoms with Crippen molar-refractivity contribution in [2.75, 3.05) is 11.4 Å². The van der Waals surface area contributed by atoms with Crippen LogP contribution in [0.25, 0.3) is 0 Å². The van der Waals surface area contributed by atoms with E-state index >= 15 is 0 Å². The second-order valence-corrected chi connectivity index (χ2v) is 6.13. The molecule has 1 aliphatic rings. The highest BCUT2D eigenvalue weighted by Crippen LogP contribution is 2.38. The summed E-state index contributed by atoms with van der Waals surface area (Å²) in [5, 5.41) is 20.5. The lowest BCUT2D eigenvalue weighted by Crippen LogP contribution is -2.30. The summed E-state index contributed by atoms with van der Waals surface area (Å²) in [6.07, 6.45) is 3.48. The number of rotatable bonds is 4. The molecule has 0 amide bonds. The predicted octanol–water partition coefficient (Wildman–Crippen LogP) is 3.35. The first-order valence-corrected chi connectivity index (χ1v) is 7.89. The Morgan fingerprint density at radius 3 is 3.24 bits per heavy atom. The van der Waals surface area contributed by atoms with Crippen LogP contribution in [0.3, 0.4) is 0 Å². The van der Waals surface area contributed by atoms with E-state index < -0.39 is 6.10 Å². The van der Waals surface area contributed by atoms with Gasteiger partial charge >= 0.3 is 0 Å². The number of nitriles is 1. The number of anilines is 1. The average molecular weight is 324 g/mol. The SMILES string of the molecule is N#Cc1c(Cl)nsc1N1CCCC1CC(O)c1ccco1. The van der Waals surface area contributed by atoms with Crippen LogP contribution in [-0.4, -0.2) is 22.1 Å². The number of halogens is 1. The zero-order valence-electron chi connectivity index (χ0n) is 11.2. The Labute approximate surface area is 131 Å². The zero-order chi connectivity index (χ0) is 14.8. The van der Waals surface area contributed by atoms with Gasteiger partial charge in [0.2, 0.25) is 0 Å². The molecule has 7 heteroatoms. The van der Waals surface area contributed by atoms with Crippen LogP contribution in [0.15, 0.2) is 22.8 Å². The quantitative estimate of drug-likeness (QED) is 0.934. The van der Waals surface area contributed by atoms with Crippen molar-refractivity contribution in [1.29, 1.82) is 5.26 Å². The number of hydrogen-bond acceptors (Lipinski definition) is 6. The summed E-state index contributed by atoms with van der Waals surface area (Å²) in [5.41, 5.74) is 0.432. The van der Waals surface area contributed by atoms with Crippen molar-refractivity contribution < 1.29 is 9.52 Å². The molecular weight excluding hydrogens is 310 g/mol. The summed E-state index contributed by atoms with van der Waals surface area (Å²) < 4.78 is 9.30. The van der Waals surface area contributed by atoms with Crippen LogP contribution >= 0.6 is 23.1 Å². The Balaban J connectivity index is 1.78. The first-order chi connectivity index (χ1) is 10.2. The third kappa shape index (κ3) is 2.77. The van der Waals surface area contributed by atoms with Crippen molar-refractivity contribution in [3.63, 3.8) is 0 Å². The Morgan fingerprint density at radius 1 is 1.67 bits per heavy atom. The molecule has 21 heavy (non-hydrogen) atoms. The topological polar surface area (TPSA) is 73.3 Å². The summed E-state index contributed by atoms with van der Waals surface area (Å²) >= 11 is 7.19. The van der Waals surface area contributed by atoms with Gasteiger partial charge in [-0.2, -0.15) is 9.64 Å². The molecule has 5 nitrogen and oxygen atoms in total. The van der Waals surface area contributed by atoms with Crippen molar-refractivity contribution >= 4 is 28.1 Å². The van der Waals surface area contributed by atoms with Gasteiger partial charge in [0.05, 0.1) is 6.26 Å². The highest BCUT2D eigenvalue weighted by molar-refractivity contribution is 7.10. The zero-order valence-corrected chi connectivity index (χ0v) is 12.8. The Morgan fingerprint density at radius 2 is 2.52 bits per heavy atom. The molecule has 2 aromatic heterocycles. The van der Waals surface area contributed by atoms with Gasteiger partial charge in [-0.1, -0.05) is 11.6 Å². The van der Waals surface area contributed by atoms with Gasteiger partial charge in [-0.25, -0.2) is 0 Å². The number of nitrogens with zero attached hydrogens (tertiary/aromatic N) is 3. The lowest BCUT2D eigenvalue weighted by molar-refractivity contribution is 0.132. The normalized spacial score (nSPS) is 19.7. The molecule has 0 aromatic carbocycles. The molecule has 0 spiro atoms. The van der Waals surface area contributed by atoms with Gasteiger partial charge < -0.3 is 14.4 Å². The molecule has 0 aliphatic carbocycles. The minimum Gasteiger partial charge on any atom is -0.467 e. The van der Waals surface area contributed by atoms with Crippen molar-refractivity contribution in [2.45, 2.75) is 31.4 Å². The largest absolute Gasteiger partial charge is 0.467 e. The highest BCUT2D eigenvalue weighted by atomic mass is 35.5. The van der Waals surface area contributed by atoms with Gasteiger partial charge in [0.15, 0.2) is 5.15 Å². The molecule has 110 valence electrons. The minimum atomic E-state index is -0.639. The number of hydrogen-bond donors (Lipinski definition) is 1. The van der Waals surface area contributed by atoms with E-state index in [-0.39, 0.29) is 11.2 Å². The lowest BCUT2D eigenvalue weighted by atomic mass is 10.1. The van der Waals surface area contributed by atoms with E-state index in [0.29, 0.717) is 17.7 Å². The summed E-state index contributed by atoms with van der Waals surface area (Å²) in [5.74, 6) is 0.574. The van der Waals surface area contributed by atoms with E-state index in [0.717, 1.165) is 24.4 Å². The van der Waals surface area contributed by atoms with Gasteiger partial charge in [0.25, 0.3) is 0 Å². The van der Waals surface area contributed by atoms with E-state index in [2.05, 4.69) is 15.3 Å². The van der Waals surface area contributed by atoms with E-state index in [9.17, 15) is 10.4 Å². The summed E-state index contributed by atoms with van der Waals surface area (Å²) in [6.45, 7) is 0.850. The second kappa shape index (κ2) is 6.06. The molecule has 1 N–H and O–H groups in total. The van der Waals surface area contributed by atoms with Crippen LogP contribution in [0, 0.1) is 11.3 Å². The second-order valence-electron chi connectivity index (χ2n) is 5.02. The van der Waals surface area contributed by atoms with Gasteiger partial charge in [0.1, 0.15) is 28.5 Å². The van der Waals surface area contributed by atoms with Crippen LogP contribution in [-0.2, 0) is 0 Å². The molecule has 3 rings (SSSR count). The van der Waals surface area contributed by atoms with Crippen molar-refractivity contribution in [3.8, 4) is 6.07 Å². The standard InChI is InChI=1S/C14H14ClN3O2S/c15-13-10(8-16)14(21-17-13)18-5-1-3-9(18)7-11(19)12-4-2-6-20-12/h2,4,6,9,11,19H,1,3,5,7H2. The smallest absolute Gasteiger partial charge is 0.162 e. The first-order valence-electron chi connectivity index (χ1n) is 6.74. The first kappa shape index (κ1) is 14.4. The Hall–Kier alpha value is -1.55. The molecule has 0 saturated carbocycles. The maximum absolute atomic E-state index is 10.2. The fraction of sp³-hybridized carbons (Fsp3) is 0.429. The van der Waals surface area contributed by atoms with Crippen LogP contribution in [0.2, 0.25) is 5.15 Å². The highest BCUT2D eigenvalue weighted by Gasteiger charge is 2.31. The summed E-state index contributed by atoms with van der Waals surface area (Å²) in [6, 6.07) is 5.81. The molecule has 1 aliphatic heterocycles. The van der Waals surface area contributed by atoms with E-state index in [1.807, 2.05) is 0 Å². The lowest BCUT2D eigenvalue weighted by Gasteiger charge is -2.26. The van der Waals surface area contributed by atoms with E-state index in [1.165, 1.54) is 11.5 Å². The fourth-order valence-corrected chi connectivity index (χ4v) is 3.88. The van der Waals surface area contributed by atoms with E-state index in [1.54, 1.807) is 18.4 Å². The van der Waals surface area contributed by atoms with Gasteiger partial charge in [-0.3, -0.25) is 0 Å². The Kier molecular flexibility index (Phi) is 4.15. The molecule has 1 fully saturated rings. The number of furan rings is 1. The van der Waals surface area contributed by atoms with Crippen molar-refractivity contribution in [1.82, 2.24) is 4.37 Å². The van der Waals surface area contributed by atoms with Gasteiger partial charge in [-0.15, -0.1) is 0 Å². The number of aliphatic hydroxyl groups is 1. The van der Waals surface area contributed by atoms with Crippen LogP contribution in [0.5, 0.6) is 0 Å². The van der Waals surface area contributed by atoms with Gasteiger partial charge in [-0.05, 0) is 36.5 Å².